The molecule has 0 radical (unpaired) electrons. The average Bonchev–Trinajstić information content (AvgIpc) is 2.26. The minimum absolute atomic E-state index is 0.0169. The molecule has 0 aromatic heterocycles. The molecule has 1 aromatic carbocycles. The highest BCUT2D eigenvalue weighted by molar-refractivity contribution is 5.86. The van der Waals surface area contributed by atoms with Gasteiger partial charge in [0.2, 0.25) is 6.41 Å². The van der Waals surface area contributed by atoms with Crippen LogP contribution in [0.3, 0.4) is 0 Å². The summed E-state index contributed by atoms with van der Waals surface area (Å²) in [6, 6.07) is 8.72. The molecule has 3 nitrogen and oxygen atoms in total. The Morgan fingerprint density at radius 2 is 2.07 bits per heavy atom. The second-order valence-corrected chi connectivity index (χ2v) is 2.95. The van der Waals surface area contributed by atoms with Gasteiger partial charge in [-0.1, -0.05) is 37.3 Å². The summed E-state index contributed by atoms with van der Waals surface area (Å²) in [6.07, 6.45) is 0.978. The quantitative estimate of drug-likeness (QED) is 0.716. The molecule has 74 valence electrons. The van der Waals surface area contributed by atoms with E-state index in [2.05, 4.69) is 5.32 Å². The molecule has 3 heteroatoms. The van der Waals surface area contributed by atoms with Crippen molar-refractivity contribution in [2.45, 2.75) is 19.4 Å². The Hall–Kier alpha value is -1.64. The second kappa shape index (κ2) is 5.17. The predicted octanol–water partition coefficient (Wildman–Crippen LogP) is 1.45. The van der Waals surface area contributed by atoms with Gasteiger partial charge in [0.05, 0.1) is 0 Å². The summed E-state index contributed by atoms with van der Waals surface area (Å²) in [7, 11) is 0. The fourth-order valence-corrected chi connectivity index (χ4v) is 1.29. The van der Waals surface area contributed by atoms with E-state index in [-0.39, 0.29) is 5.78 Å². The van der Waals surface area contributed by atoms with Crippen molar-refractivity contribution in [3.05, 3.63) is 35.9 Å². The van der Waals surface area contributed by atoms with Crippen LogP contribution in [0.15, 0.2) is 30.3 Å². The van der Waals surface area contributed by atoms with Crippen LogP contribution in [0.5, 0.6) is 0 Å². The summed E-state index contributed by atoms with van der Waals surface area (Å²) in [5.41, 5.74) is 0.825. The van der Waals surface area contributed by atoms with Crippen molar-refractivity contribution in [1.82, 2.24) is 5.32 Å². The summed E-state index contributed by atoms with van der Waals surface area (Å²) in [6.45, 7) is 1.78. The number of Topliss-reactive ketones (excluding diaryl/α,β-unsaturated/α-hetero) is 1. The molecule has 14 heavy (non-hydrogen) atoms. The lowest BCUT2D eigenvalue weighted by atomic mass is 10.0. The van der Waals surface area contributed by atoms with Crippen LogP contribution >= 0.6 is 0 Å². The summed E-state index contributed by atoms with van der Waals surface area (Å²) in [5, 5.41) is 2.52. The molecule has 0 aliphatic heterocycles. The number of carbonyl (C=O) groups excluding carboxylic acids is 2. The molecule has 0 aliphatic carbocycles. The van der Waals surface area contributed by atoms with Gasteiger partial charge in [-0.25, -0.2) is 0 Å². The molecule has 0 heterocycles. The first-order valence-corrected chi connectivity index (χ1v) is 4.57. The summed E-state index contributed by atoms with van der Waals surface area (Å²) in [5.74, 6) is 0.0169. The molecule has 1 N–H and O–H groups in total. The third-order valence-corrected chi connectivity index (χ3v) is 2.04. The van der Waals surface area contributed by atoms with Gasteiger partial charge < -0.3 is 5.32 Å². The largest absolute Gasteiger partial charge is 0.345 e. The first-order valence-electron chi connectivity index (χ1n) is 4.57. The minimum atomic E-state index is -0.501. The Balaban J connectivity index is 2.88. The van der Waals surface area contributed by atoms with E-state index in [9.17, 15) is 9.59 Å². The molecule has 0 spiro atoms. The van der Waals surface area contributed by atoms with Gasteiger partial charge >= 0.3 is 0 Å². The summed E-state index contributed by atoms with van der Waals surface area (Å²) < 4.78 is 0. The molecule has 1 amide bonds. The van der Waals surface area contributed by atoms with Crippen molar-refractivity contribution < 1.29 is 9.59 Å². The van der Waals surface area contributed by atoms with Crippen LogP contribution in [0.1, 0.15) is 24.9 Å². The molecule has 0 aliphatic rings. The highest BCUT2D eigenvalue weighted by Gasteiger charge is 2.16. The maximum Gasteiger partial charge on any atom is 0.207 e. The van der Waals surface area contributed by atoms with Gasteiger partial charge in [0.25, 0.3) is 0 Å². The Morgan fingerprint density at radius 3 is 2.57 bits per heavy atom. The molecule has 0 bridgehead atoms. The molecule has 0 saturated heterocycles. The Labute approximate surface area is 83.1 Å². The van der Waals surface area contributed by atoms with Crippen molar-refractivity contribution in [2.24, 2.45) is 0 Å². The van der Waals surface area contributed by atoms with Crippen molar-refractivity contribution in [3.63, 3.8) is 0 Å². The van der Waals surface area contributed by atoms with E-state index < -0.39 is 6.04 Å². The molecule has 1 aromatic rings. The molecular weight excluding hydrogens is 178 g/mol. The van der Waals surface area contributed by atoms with Crippen molar-refractivity contribution in [2.75, 3.05) is 0 Å². The number of ketones is 1. The van der Waals surface area contributed by atoms with Crippen LogP contribution in [0.4, 0.5) is 0 Å². The van der Waals surface area contributed by atoms with Crippen LogP contribution in [0.25, 0.3) is 0 Å². The maximum atomic E-state index is 11.5. The van der Waals surface area contributed by atoms with Gasteiger partial charge in [0.15, 0.2) is 5.78 Å². The normalized spacial score (nSPS) is 11.8. The van der Waals surface area contributed by atoms with Crippen LogP contribution in [0, 0.1) is 0 Å². The van der Waals surface area contributed by atoms with Crippen molar-refractivity contribution >= 4 is 12.2 Å². The lowest BCUT2D eigenvalue weighted by molar-refractivity contribution is -0.123. The van der Waals surface area contributed by atoms with E-state index in [0.717, 1.165) is 5.56 Å². The molecule has 1 rings (SSSR count). The van der Waals surface area contributed by atoms with E-state index in [4.69, 9.17) is 0 Å². The number of hydrogen-bond donors (Lipinski definition) is 1. The van der Waals surface area contributed by atoms with Crippen molar-refractivity contribution in [3.8, 4) is 0 Å². The highest BCUT2D eigenvalue weighted by Crippen LogP contribution is 2.14. The van der Waals surface area contributed by atoms with Gasteiger partial charge in [0.1, 0.15) is 6.04 Å². The zero-order valence-corrected chi connectivity index (χ0v) is 8.07. The second-order valence-electron chi connectivity index (χ2n) is 2.95. The SMILES string of the molecule is CCC(=O)[C@H](NC=O)c1ccccc1. The standard InChI is InChI=1S/C11H13NO2/c1-2-10(14)11(12-8-13)9-6-4-3-5-7-9/h3-8,11H,2H2,1H3,(H,12,13)/t11-/m1/s1. The molecular formula is C11H13NO2. The van der Waals surface area contributed by atoms with Crippen LogP contribution in [0.2, 0.25) is 0 Å². The highest BCUT2D eigenvalue weighted by atomic mass is 16.1. The van der Waals surface area contributed by atoms with Gasteiger partial charge in [-0.3, -0.25) is 9.59 Å². The van der Waals surface area contributed by atoms with E-state index >= 15 is 0 Å². The van der Waals surface area contributed by atoms with Gasteiger partial charge in [-0.2, -0.15) is 0 Å². The van der Waals surface area contributed by atoms with Gasteiger partial charge in [-0.05, 0) is 5.56 Å². The zero-order valence-electron chi connectivity index (χ0n) is 8.07. The van der Waals surface area contributed by atoms with Gasteiger partial charge in [0, 0.05) is 6.42 Å². The zero-order chi connectivity index (χ0) is 10.4. The third kappa shape index (κ3) is 2.42. The third-order valence-electron chi connectivity index (χ3n) is 2.04. The summed E-state index contributed by atoms with van der Waals surface area (Å²) >= 11 is 0. The van der Waals surface area contributed by atoms with Crippen molar-refractivity contribution in [1.29, 1.82) is 0 Å². The predicted molar refractivity (Wildman–Crippen MR) is 53.7 cm³/mol. The average molecular weight is 191 g/mol. The van der Waals surface area contributed by atoms with E-state index in [1.165, 1.54) is 0 Å². The van der Waals surface area contributed by atoms with Crippen LogP contribution in [-0.2, 0) is 9.59 Å². The van der Waals surface area contributed by atoms with E-state index in [1.54, 1.807) is 6.92 Å². The van der Waals surface area contributed by atoms with Crippen LogP contribution in [-0.4, -0.2) is 12.2 Å². The number of benzene rings is 1. The number of amides is 1. The van der Waals surface area contributed by atoms with E-state index in [1.807, 2.05) is 30.3 Å². The molecule has 0 unspecified atom stereocenters. The topological polar surface area (TPSA) is 46.2 Å². The van der Waals surface area contributed by atoms with E-state index in [0.29, 0.717) is 12.8 Å². The number of hydrogen-bond acceptors (Lipinski definition) is 2. The smallest absolute Gasteiger partial charge is 0.207 e. The number of nitrogens with one attached hydrogen (secondary N) is 1. The Bertz CT molecular complexity index is 308. The maximum absolute atomic E-state index is 11.5. The monoisotopic (exact) mass is 191 g/mol. The van der Waals surface area contributed by atoms with Crippen LogP contribution < -0.4 is 5.32 Å². The molecule has 0 fully saturated rings. The first-order chi connectivity index (χ1) is 6.79. The lowest BCUT2D eigenvalue weighted by Crippen LogP contribution is -2.26. The summed E-state index contributed by atoms with van der Waals surface area (Å²) in [4.78, 5) is 21.8. The number of rotatable bonds is 5. The molecule has 1 atom stereocenters. The lowest BCUT2D eigenvalue weighted by Gasteiger charge is -2.13. The fraction of sp³-hybridized carbons (Fsp3) is 0.273. The minimum Gasteiger partial charge on any atom is -0.345 e. The Morgan fingerprint density at radius 1 is 1.43 bits per heavy atom. The fourth-order valence-electron chi connectivity index (χ4n) is 1.29. The van der Waals surface area contributed by atoms with Gasteiger partial charge in [-0.15, -0.1) is 0 Å². The first kappa shape index (κ1) is 10.4. The number of carbonyl (C=O) groups is 2. The Kier molecular flexibility index (Phi) is 3.85. The molecule has 0 saturated carbocycles.